The Kier molecular flexibility index (Phi) is 44.7. The van der Waals surface area contributed by atoms with Gasteiger partial charge < -0.3 is 24.6 Å². The lowest BCUT2D eigenvalue weighted by Crippen LogP contribution is -2.29. The number of phosphoric ester groups is 1. The van der Waals surface area contributed by atoms with Crippen LogP contribution in [0.2, 0.25) is 0 Å². The van der Waals surface area contributed by atoms with E-state index >= 15 is 0 Å². The van der Waals surface area contributed by atoms with Crippen molar-refractivity contribution in [2.75, 3.05) is 26.4 Å². The average molecular weight is 875 g/mol. The third kappa shape index (κ3) is 44.8. The number of carbonyl (C=O) groups is 2. The summed E-state index contributed by atoms with van der Waals surface area (Å²) in [5.74, 6) is -0.928. The Hall–Kier alpha value is -1.29. The highest BCUT2D eigenvalue weighted by atomic mass is 31.2. The molecule has 0 spiro atoms. The Labute approximate surface area is 368 Å². The van der Waals surface area contributed by atoms with Crippen LogP contribution in [0.15, 0.2) is 12.2 Å². The van der Waals surface area contributed by atoms with E-state index in [0.717, 1.165) is 44.9 Å². The van der Waals surface area contributed by atoms with Crippen molar-refractivity contribution in [3.05, 3.63) is 12.2 Å². The predicted molar refractivity (Wildman–Crippen MR) is 247 cm³/mol. The minimum absolute atomic E-state index is 0.188. The Morgan fingerprint density at radius 2 is 0.817 bits per heavy atom. The van der Waals surface area contributed by atoms with Crippen LogP contribution in [0.1, 0.15) is 251 Å². The molecule has 0 aliphatic rings. The van der Waals surface area contributed by atoms with Crippen LogP contribution in [0.4, 0.5) is 0 Å². The fraction of sp³-hybridized carbons (Fsp3) is 0.918. The lowest BCUT2D eigenvalue weighted by molar-refractivity contribution is -0.161. The van der Waals surface area contributed by atoms with E-state index in [1.54, 1.807) is 0 Å². The highest BCUT2D eigenvalue weighted by Crippen LogP contribution is 2.43. The van der Waals surface area contributed by atoms with Crippen molar-refractivity contribution < 1.29 is 47.8 Å². The molecule has 356 valence electrons. The third-order valence-electron chi connectivity index (χ3n) is 11.2. The van der Waals surface area contributed by atoms with Crippen LogP contribution in [-0.2, 0) is 32.7 Å². The van der Waals surface area contributed by atoms with Crippen LogP contribution in [0, 0.1) is 0 Å². The van der Waals surface area contributed by atoms with Gasteiger partial charge in [0.15, 0.2) is 6.10 Å². The second-order valence-corrected chi connectivity index (χ2v) is 18.7. The number of hydrogen-bond acceptors (Lipinski definition) is 9. The molecule has 0 radical (unpaired) electrons. The summed E-state index contributed by atoms with van der Waals surface area (Å²) in [5, 5.41) is 18.4. The summed E-state index contributed by atoms with van der Waals surface area (Å²) in [5.41, 5.74) is 0. The zero-order valence-corrected chi connectivity index (χ0v) is 39.8. The normalized spacial score (nSPS) is 13.8. The average Bonchev–Trinajstić information content (AvgIpc) is 3.24. The molecule has 0 heterocycles. The Morgan fingerprint density at radius 3 is 1.22 bits per heavy atom. The van der Waals surface area contributed by atoms with Gasteiger partial charge in [0.25, 0.3) is 0 Å². The van der Waals surface area contributed by atoms with E-state index in [2.05, 4.69) is 26.0 Å². The molecule has 0 aliphatic heterocycles. The minimum Gasteiger partial charge on any atom is -0.462 e. The number of aliphatic hydroxyl groups is 2. The Balaban J connectivity index is 4.15. The van der Waals surface area contributed by atoms with E-state index in [9.17, 15) is 24.2 Å². The molecule has 1 unspecified atom stereocenters. The summed E-state index contributed by atoms with van der Waals surface area (Å²) in [6.45, 7) is 2.41. The number of carbonyl (C=O) groups excluding carboxylic acids is 2. The second kappa shape index (κ2) is 45.7. The summed E-state index contributed by atoms with van der Waals surface area (Å²) in [7, 11) is -4.62. The minimum atomic E-state index is -4.62. The number of hydrogen-bond donors (Lipinski definition) is 3. The first kappa shape index (κ1) is 58.7. The first-order valence-electron chi connectivity index (χ1n) is 25.1. The molecule has 3 N–H and O–H groups in total. The van der Waals surface area contributed by atoms with E-state index in [-0.39, 0.29) is 19.4 Å². The molecule has 0 aliphatic carbocycles. The summed E-state index contributed by atoms with van der Waals surface area (Å²) in [6, 6.07) is 0. The summed E-state index contributed by atoms with van der Waals surface area (Å²) < 4.78 is 32.8. The molecule has 0 amide bonds. The lowest BCUT2D eigenvalue weighted by atomic mass is 10.0. The molecule has 60 heavy (non-hydrogen) atoms. The van der Waals surface area contributed by atoms with Crippen LogP contribution in [0.5, 0.6) is 0 Å². The summed E-state index contributed by atoms with van der Waals surface area (Å²) >= 11 is 0. The molecule has 0 saturated heterocycles. The quantitative estimate of drug-likeness (QED) is 0.0233. The number of allylic oxidation sites excluding steroid dienone is 2. The fourth-order valence-electron chi connectivity index (χ4n) is 7.28. The van der Waals surface area contributed by atoms with Gasteiger partial charge in [0.05, 0.1) is 19.8 Å². The van der Waals surface area contributed by atoms with Crippen LogP contribution >= 0.6 is 7.82 Å². The van der Waals surface area contributed by atoms with Gasteiger partial charge in [-0.15, -0.1) is 0 Å². The van der Waals surface area contributed by atoms with E-state index in [0.29, 0.717) is 12.8 Å². The van der Waals surface area contributed by atoms with Gasteiger partial charge in [0, 0.05) is 12.8 Å². The maximum Gasteiger partial charge on any atom is 0.472 e. The molecule has 0 aromatic rings. The molecule has 0 aromatic heterocycles. The number of unbranched alkanes of at least 4 members (excludes halogenated alkanes) is 32. The number of phosphoric acid groups is 1. The van der Waals surface area contributed by atoms with Crippen LogP contribution < -0.4 is 0 Å². The summed E-state index contributed by atoms with van der Waals surface area (Å²) in [4.78, 5) is 35.1. The van der Waals surface area contributed by atoms with E-state index < -0.39 is 51.8 Å². The first-order chi connectivity index (χ1) is 29.2. The van der Waals surface area contributed by atoms with E-state index in [4.69, 9.17) is 23.6 Å². The van der Waals surface area contributed by atoms with Crippen molar-refractivity contribution in [3.63, 3.8) is 0 Å². The molecular weight excluding hydrogens is 780 g/mol. The first-order valence-corrected chi connectivity index (χ1v) is 26.6. The van der Waals surface area contributed by atoms with Gasteiger partial charge in [0.2, 0.25) is 0 Å². The van der Waals surface area contributed by atoms with Gasteiger partial charge in [-0.25, -0.2) is 4.57 Å². The highest BCUT2D eigenvalue weighted by molar-refractivity contribution is 7.47. The third-order valence-corrected chi connectivity index (χ3v) is 12.1. The fourth-order valence-corrected chi connectivity index (χ4v) is 8.07. The van der Waals surface area contributed by atoms with Crippen LogP contribution in [-0.4, -0.2) is 65.7 Å². The van der Waals surface area contributed by atoms with Crippen molar-refractivity contribution in [2.45, 2.75) is 264 Å². The largest absolute Gasteiger partial charge is 0.472 e. The number of esters is 2. The van der Waals surface area contributed by atoms with Crippen molar-refractivity contribution >= 4 is 19.8 Å². The smallest absolute Gasteiger partial charge is 0.462 e. The maximum atomic E-state index is 12.7. The van der Waals surface area contributed by atoms with Gasteiger partial charge in [-0.3, -0.25) is 18.6 Å². The van der Waals surface area contributed by atoms with Crippen LogP contribution in [0.25, 0.3) is 0 Å². The Bertz CT molecular complexity index is 1010. The molecule has 10 nitrogen and oxygen atoms in total. The molecule has 0 bridgehead atoms. The van der Waals surface area contributed by atoms with Crippen molar-refractivity contribution in [3.8, 4) is 0 Å². The van der Waals surface area contributed by atoms with Gasteiger partial charge in [0.1, 0.15) is 12.7 Å². The highest BCUT2D eigenvalue weighted by Gasteiger charge is 2.27. The lowest BCUT2D eigenvalue weighted by Gasteiger charge is -2.20. The van der Waals surface area contributed by atoms with Gasteiger partial charge >= 0.3 is 19.8 Å². The van der Waals surface area contributed by atoms with Crippen molar-refractivity contribution in [2.24, 2.45) is 0 Å². The number of aliphatic hydroxyl groups excluding tert-OH is 2. The molecule has 11 heteroatoms. The van der Waals surface area contributed by atoms with Gasteiger partial charge in [-0.05, 0) is 38.5 Å². The van der Waals surface area contributed by atoms with Crippen molar-refractivity contribution in [1.82, 2.24) is 0 Å². The SMILES string of the molecule is CCCCCCCCCC/C=C/CCCCCC(=O)OC[C@H](COP(=O)(O)OC[C@@H](O)CO)OC(=O)CCCCCCCCCCCCCCCCCCCCCCCC. The van der Waals surface area contributed by atoms with Gasteiger partial charge in [-0.2, -0.15) is 0 Å². The van der Waals surface area contributed by atoms with E-state index in [1.165, 1.54) is 167 Å². The summed E-state index contributed by atoms with van der Waals surface area (Å²) in [6.07, 6.45) is 46.1. The standard InChI is InChI=1S/C49H95O10P/c1-3-5-7-9-11-13-15-17-19-20-21-22-23-24-25-27-29-31-33-35-37-39-41-49(53)59-47(45-58-60(54,55)57-43-46(51)42-50)44-56-48(52)40-38-36-34-32-30-28-26-18-16-14-12-10-8-6-4-2/h28,30,46-47,50-51H,3-27,29,31-45H2,1-2H3,(H,54,55)/b30-28+/t46-,47+/m0/s1. The zero-order valence-electron chi connectivity index (χ0n) is 38.9. The maximum absolute atomic E-state index is 12.7. The second-order valence-electron chi connectivity index (χ2n) is 17.2. The number of ether oxygens (including phenoxy) is 2. The van der Waals surface area contributed by atoms with E-state index in [1.807, 2.05) is 0 Å². The Morgan fingerprint density at radius 1 is 0.483 bits per heavy atom. The monoisotopic (exact) mass is 875 g/mol. The number of rotatable bonds is 48. The van der Waals surface area contributed by atoms with Crippen LogP contribution in [0.3, 0.4) is 0 Å². The molecule has 0 rings (SSSR count). The zero-order chi connectivity index (χ0) is 44.0. The predicted octanol–water partition coefficient (Wildman–Crippen LogP) is 14.0. The molecular formula is C49H95O10P. The molecule has 0 aromatic carbocycles. The van der Waals surface area contributed by atoms with Crippen molar-refractivity contribution in [1.29, 1.82) is 0 Å². The van der Waals surface area contributed by atoms with Gasteiger partial charge in [-0.1, -0.05) is 212 Å². The molecule has 0 saturated carbocycles. The molecule has 3 atom stereocenters. The molecule has 0 fully saturated rings. The topological polar surface area (TPSA) is 149 Å².